The number of anilines is 2. The third kappa shape index (κ3) is 2.95. The quantitative estimate of drug-likeness (QED) is 0.751. The van der Waals surface area contributed by atoms with Gasteiger partial charge in [-0.1, -0.05) is 18.2 Å². The second-order valence-corrected chi connectivity index (χ2v) is 9.02. The lowest BCUT2D eigenvalue weighted by molar-refractivity contribution is 0.340. The Morgan fingerprint density at radius 1 is 0.962 bits per heavy atom. The first-order chi connectivity index (χ1) is 12.5. The summed E-state index contributed by atoms with van der Waals surface area (Å²) in [6.07, 6.45) is 0. The molecule has 7 heteroatoms. The normalized spacial score (nSPS) is 24.0. The van der Waals surface area contributed by atoms with Gasteiger partial charge in [-0.3, -0.25) is 0 Å². The highest BCUT2D eigenvalue weighted by molar-refractivity contribution is 7.91. The number of hydrogen-bond acceptors (Lipinski definition) is 4. The number of hydrogen-bond donors (Lipinski definition) is 0. The van der Waals surface area contributed by atoms with Crippen molar-refractivity contribution in [2.45, 2.75) is 19.0 Å². The van der Waals surface area contributed by atoms with Crippen LogP contribution in [0.4, 0.5) is 11.4 Å². The SMILES string of the molecule is CCOc1ccc(N2C(=S)N(c3ccccc3)[C@@H]3CS(=O)(=O)C[C@H]32)cc1. The van der Waals surface area contributed by atoms with Gasteiger partial charge in [0.1, 0.15) is 5.75 Å². The van der Waals surface area contributed by atoms with Crippen LogP contribution in [0.5, 0.6) is 5.75 Å². The molecule has 0 N–H and O–H groups in total. The number of ether oxygens (including phenoxy) is 1. The molecule has 2 atom stereocenters. The van der Waals surface area contributed by atoms with Gasteiger partial charge in [0, 0.05) is 11.4 Å². The lowest BCUT2D eigenvalue weighted by atomic mass is 10.1. The van der Waals surface area contributed by atoms with Crippen molar-refractivity contribution in [2.75, 3.05) is 27.9 Å². The highest BCUT2D eigenvalue weighted by atomic mass is 32.2. The van der Waals surface area contributed by atoms with Gasteiger partial charge in [-0.05, 0) is 55.5 Å². The largest absolute Gasteiger partial charge is 0.494 e. The molecule has 2 aromatic rings. The summed E-state index contributed by atoms with van der Waals surface area (Å²) >= 11 is 5.77. The number of fused-ring (bicyclic) bond motifs is 1. The predicted octanol–water partition coefficient (Wildman–Crippen LogP) is 2.86. The van der Waals surface area contributed by atoms with E-state index in [1.165, 1.54) is 0 Å². The Labute approximate surface area is 159 Å². The van der Waals surface area contributed by atoms with Crippen molar-refractivity contribution in [3.05, 3.63) is 54.6 Å². The molecule has 4 rings (SSSR count). The number of thiocarbonyl (C=S) groups is 1. The average Bonchev–Trinajstić information content (AvgIpc) is 3.05. The van der Waals surface area contributed by atoms with Gasteiger partial charge in [0.15, 0.2) is 14.9 Å². The average molecular weight is 389 g/mol. The molecule has 136 valence electrons. The second-order valence-electron chi connectivity index (χ2n) is 6.50. The van der Waals surface area contributed by atoms with Gasteiger partial charge < -0.3 is 14.5 Å². The predicted molar refractivity (Wildman–Crippen MR) is 108 cm³/mol. The van der Waals surface area contributed by atoms with Gasteiger partial charge in [-0.15, -0.1) is 0 Å². The van der Waals surface area contributed by atoms with Gasteiger partial charge in [0.25, 0.3) is 0 Å². The maximum atomic E-state index is 12.3. The summed E-state index contributed by atoms with van der Waals surface area (Å²) in [6.45, 7) is 2.54. The summed E-state index contributed by atoms with van der Waals surface area (Å²) in [7, 11) is -3.10. The van der Waals surface area contributed by atoms with E-state index in [4.69, 9.17) is 17.0 Å². The minimum absolute atomic E-state index is 0.119. The fourth-order valence-corrected chi connectivity index (χ4v) is 6.17. The molecule has 2 saturated heterocycles. The van der Waals surface area contributed by atoms with Crippen molar-refractivity contribution in [1.29, 1.82) is 0 Å². The first-order valence-corrected chi connectivity index (χ1v) is 10.8. The number of sulfone groups is 1. The number of rotatable bonds is 4. The van der Waals surface area contributed by atoms with Crippen LogP contribution in [-0.2, 0) is 9.84 Å². The molecule has 2 aliphatic heterocycles. The van der Waals surface area contributed by atoms with E-state index in [2.05, 4.69) is 0 Å². The molecule has 2 heterocycles. The number of nitrogens with zero attached hydrogens (tertiary/aromatic N) is 2. The van der Waals surface area contributed by atoms with Crippen LogP contribution in [0.2, 0.25) is 0 Å². The fraction of sp³-hybridized carbons (Fsp3) is 0.316. The van der Waals surface area contributed by atoms with E-state index >= 15 is 0 Å². The Kier molecular flexibility index (Phi) is 4.36. The highest BCUT2D eigenvalue weighted by Crippen LogP contribution is 2.38. The molecule has 0 amide bonds. The van der Waals surface area contributed by atoms with E-state index in [1.807, 2.05) is 71.3 Å². The zero-order chi connectivity index (χ0) is 18.3. The van der Waals surface area contributed by atoms with Crippen molar-refractivity contribution < 1.29 is 13.2 Å². The van der Waals surface area contributed by atoms with Crippen LogP contribution < -0.4 is 14.5 Å². The van der Waals surface area contributed by atoms with Crippen LogP contribution in [0.15, 0.2) is 54.6 Å². The standard InChI is InChI=1S/C19H20N2O3S2/c1-2-24-16-10-8-15(9-11-16)21-18-13-26(22,23)12-17(18)20(19(21)25)14-6-4-3-5-7-14/h3-11,17-18H,2,12-13H2,1H3/t17-,18-/m1/s1. The Bertz CT molecular complexity index is 914. The van der Waals surface area contributed by atoms with E-state index in [1.54, 1.807) is 0 Å². The Morgan fingerprint density at radius 3 is 2.04 bits per heavy atom. The monoisotopic (exact) mass is 388 g/mol. The molecule has 0 radical (unpaired) electrons. The highest BCUT2D eigenvalue weighted by Gasteiger charge is 2.52. The van der Waals surface area contributed by atoms with Crippen LogP contribution >= 0.6 is 12.2 Å². The number of para-hydroxylation sites is 1. The van der Waals surface area contributed by atoms with Crippen LogP contribution in [0.1, 0.15) is 6.92 Å². The molecule has 0 unspecified atom stereocenters. The summed E-state index contributed by atoms with van der Waals surface area (Å²) in [5.74, 6) is 1.03. The second kappa shape index (κ2) is 6.55. The van der Waals surface area contributed by atoms with Gasteiger partial charge in [-0.2, -0.15) is 0 Å². The lowest BCUT2D eigenvalue weighted by Crippen LogP contribution is -2.37. The maximum absolute atomic E-state index is 12.3. The minimum Gasteiger partial charge on any atom is -0.494 e. The van der Waals surface area contributed by atoms with E-state index in [0.717, 1.165) is 17.1 Å². The van der Waals surface area contributed by atoms with Crippen molar-refractivity contribution >= 4 is 38.5 Å². The van der Waals surface area contributed by atoms with Crippen LogP contribution in [0.25, 0.3) is 0 Å². The molecule has 0 aromatic heterocycles. The van der Waals surface area contributed by atoms with Gasteiger partial charge in [-0.25, -0.2) is 8.42 Å². The first kappa shape index (κ1) is 17.3. The van der Waals surface area contributed by atoms with Gasteiger partial charge in [0.05, 0.1) is 30.2 Å². The molecular formula is C19H20N2O3S2. The van der Waals surface area contributed by atoms with E-state index in [-0.39, 0.29) is 23.6 Å². The van der Waals surface area contributed by atoms with E-state index in [9.17, 15) is 8.42 Å². The lowest BCUT2D eigenvalue weighted by Gasteiger charge is -2.25. The summed E-state index contributed by atoms with van der Waals surface area (Å²) in [6, 6.07) is 17.1. The van der Waals surface area contributed by atoms with Crippen molar-refractivity contribution in [3.63, 3.8) is 0 Å². The fourth-order valence-electron chi connectivity index (χ4n) is 3.77. The Morgan fingerprint density at radius 2 is 1.50 bits per heavy atom. The molecule has 2 fully saturated rings. The summed E-state index contributed by atoms with van der Waals surface area (Å²) in [4.78, 5) is 3.97. The summed E-state index contributed by atoms with van der Waals surface area (Å²) in [5.41, 5.74) is 1.82. The minimum atomic E-state index is -3.10. The molecule has 0 bridgehead atoms. The first-order valence-electron chi connectivity index (χ1n) is 8.61. The van der Waals surface area contributed by atoms with E-state index in [0.29, 0.717) is 11.7 Å². The summed E-state index contributed by atoms with van der Waals surface area (Å²) in [5, 5.41) is 0.644. The molecule has 0 saturated carbocycles. The zero-order valence-electron chi connectivity index (χ0n) is 14.4. The maximum Gasteiger partial charge on any atom is 0.181 e. The van der Waals surface area contributed by atoms with Crippen LogP contribution in [0, 0.1) is 0 Å². The molecular weight excluding hydrogens is 368 g/mol. The Balaban J connectivity index is 1.73. The molecule has 0 aliphatic carbocycles. The summed E-state index contributed by atoms with van der Waals surface area (Å²) < 4.78 is 30.2. The zero-order valence-corrected chi connectivity index (χ0v) is 16.0. The van der Waals surface area contributed by atoms with Gasteiger partial charge in [0.2, 0.25) is 0 Å². The van der Waals surface area contributed by atoms with E-state index < -0.39 is 9.84 Å². The van der Waals surface area contributed by atoms with Crippen LogP contribution in [0.3, 0.4) is 0 Å². The molecule has 5 nitrogen and oxygen atoms in total. The molecule has 2 aliphatic rings. The molecule has 2 aromatic carbocycles. The topological polar surface area (TPSA) is 49.9 Å². The van der Waals surface area contributed by atoms with Crippen molar-refractivity contribution in [3.8, 4) is 5.75 Å². The third-order valence-electron chi connectivity index (χ3n) is 4.83. The smallest absolute Gasteiger partial charge is 0.181 e. The third-order valence-corrected chi connectivity index (χ3v) is 6.92. The van der Waals surface area contributed by atoms with Gasteiger partial charge >= 0.3 is 0 Å². The Hall–Kier alpha value is -2.12. The van der Waals surface area contributed by atoms with Crippen LogP contribution in [-0.4, -0.2) is 43.7 Å². The number of benzene rings is 2. The molecule has 0 spiro atoms. The molecule has 26 heavy (non-hydrogen) atoms. The van der Waals surface area contributed by atoms with Crippen molar-refractivity contribution in [1.82, 2.24) is 0 Å². The van der Waals surface area contributed by atoms with Crippen molar-refractivity contribution in [2.24, 2.45) is 0 Å².